The van der Waals surface area contributed by atoms with Gasteiger partial charge in [-0.2, -0.15) is 0 Å². The SMILES string of the molecule is Cc1ncn(-c2ccc(NC(=O)c3ncoc3CN)cc2)c1C. The molecule has 0 aliphatic carbocycles. The maximum absolute atomic E-state index is 12.2. The van der Waals surface area contributed by atoms with E-state index in [-0.39, 0.29) is 18.1 Å². The molecule has 118 valence electrons. The highest BCUT2D eigenvalue weighted by Gasteiger charge is 2.15. The summed E-state index contributed by atoms with van der Waals surface area (Å²) in [6.45, 7) is 4.10. The molecule has 0 spiro atoms. The van der Waals surface area contributed by atoms with Gasteiger partial charge < -0.3 is 20.0 Å². The summed E-state index contributed by atoms with van der Waals surface area (Å²) in [5.41, 5.74) is 9.42. The van der Waals surface area contributed by atoms with Gasteiger partial charge in [-0.15, -0.1) is 0 Å². The number of nitrogens with two attached hydrogens (primary N) is 1. The summed E-state index contributed by atoms with van der Waals surface area (Å²) < 4.78 is 7.05. The van der Waals surface area contributed by atoms with E-state index in [1.54, 1.807) is 6.33 Å². The quantitative estimate of drug-likeness (QED) is 0.769. The Morgan fingerprint density at radius 3 is 2.61 bits per heavy atom. The lowest BCUT2D eigenvalue weighted by Gasteiger charge is -2.08. The van der Waals surface area contributed by atoms with E-state index in [9.17, 15) is 4.79 Å². The van der Waals surface area contributed by atoms with E-state index >= 15 is 0 Å². The zero-order chi connectivity index (χ0) is 16.4. The second kappa shape index (κ2) is 6.05. The lowest BCUT2D eigenvalue weighted by molar-refractivity contribution is 0.102. The van der Waals surface area contributed by atoms with Crippen molar-refractivity contribution in [3.05, 3.63) is 59.8 Å². The van der Waals surface area contributed by atoms with Crippen LogP contribution in [0.3, 0.4) is 0 Å². The first-order valence-corrected chi connectivity index (χ1v) is 7.15. The predicted octanol–water partition coefficient (Wildman–Crippen LogP) is 2.19. The minimum Gasteiger partial charge on any atom is -0.446 e. The second-order valence-corrected chi connectivity index (χ2v) is 5.11. The number of amides is 1. The van der Waals surface area contributed by atoms with Crippen LogP contribution in [-0.2, 0) is 6.54 Å². The zero-order valence-electron chi connectivity index (χ0n) is 12.9. The number of anilines is 1. The van der Waals surface area contributed by atoms with Crippen LogP contribution < -0.4 is 11.1 Å². The molecular weight excluding hydrogens is 294 g/mol. The van der Waals surface area contributed by atoms with E-state index in [0.29, 0.717) is 11.4 Å². The average molecular weight is 311 g/mol. The van der Waals surface area contributed by atoms with Crippen molar-refractivity contribution in [3.8, 4) is 5.69 Å². The van der Waals surface area contributed by atoms with Gasteiger partial charge in [0.15, 0.2) is 17.8 Å². The maximum Gasteiger partial charge on any atom is 0.277 e. The van der Waals surface area contributed by atoms with Crippen LogP contribution in [0.4, 0.5) is 5.69 Å². The molecule has 0 saturated heterocycles. The number of carbonyl (C=O) groups is 1. The number of carbonyl (C=O) groups excluding carboxylic acids is 1. The Morgan fingerprint density at radius 2 is 2.00 bits per heavy atom. The highest BCUT2D eigenvalue weighted by atomic mass is 16.3. The van der Waals surface area contributed by atoms with E-state index in [0.717, 1.165) is 17.1 Å². The summed E-state index contributed by atoms with van der Waals surface area (Å²) in [6.07, 6.45) is 2.99. The number of imidazole rings is 1. The summed E-state index contributed by atoms with van der Waals surface area (Å²) in [6, 6.07) is 7.47. The lowest BCUT2D eigenvalue weighted by atomic mass is 10.2. The Kier molecular flexibility index (Phi) is 3.94. The third-order valence-electron chi connectivity index (χ3n) is 3.70. The molecule has 2 aromatic heterocycles. The summed E-state index contributed by atoms with van der Waals surface area (Å²) in [7, 11) is 0. The fraction of sp³-hybridized carbons (Fsp3) is 0.188. The second-order valence-electron chi connectivity index (χ2n) is 5.11. The Labute approximate surface area is 133 Å². The first kappa shape index (κ1) is 15.0. The molecular formula is C16H17N5O2. The number of rotatable bonds is 4. The average Bonchev–Trinajstić information content (AvgIpc) is 3.16. The van der Waals surface area contributed by atoms with Crippen LogP contribution in [0.15, 0.2) is 41.4 Å². The number of nitrogens with zero attached hydrogens (tertiary/aromatic N) is 3. The number of oxazole rings is 1. The summed E-state index contributed by atoms with van der Waals surface area (Å²) in [5.74, 6) is 0.0187. The molecule has 3 aromatic rings. The highest BCUT2D eigenvalue weighted by Crippen LogP contribution is 2.17. The molecule has 2 heterocycles. The standard InChI is InChI=1S/C16H17N5O2/c1-10-11(2)21(8-18-10)13-5-3-12(4-6-13)20-16(22)15-14(7-17)23-9-19-15/h3-6,8-9H,7,17H2,1-2H3,(H,20,22). The molecule has 0 saturated carbocycles. The van der Waals surface area contributed by atoms with Crippen molar-refractivity contribution in [2.75, 3.05) is 5.32 Å². The first-order chi connectivity index (χ1) is 11.1. The summed E-state index contributed by atoms with van der Waals surface area (Å²) in [5, 5.41) is 2.78. The Morgan fingerprint density at radius 1 is 1.26 bits per heavy atom. The van der Waals surface area contributed by atoms with Gasteiger partial charge in [-0.05, 0) is 38.1 Å². The first-order valence-electron chi connectivity index (χ1n) is 7.15. The third kappa shape index (κ3) is 2.86. The van der Waals surface area contributed by atoms with E-state index in [1.807, 2.05) is 42.7 Å². The minimum absolute atomic E-state index is 0.126. The van der Waals surface area contributed by atoms with Crippen LogP contribution in [0.2, 0.25) is 0 Å². The van der Waals surface area contributed by atoms with Crippen LogP contribution in [0.5, 0.6) is 0 Å². The van der Waals surface area contributed by atoms with E-state index in [2.05, 4.69) is 15.3 Å². The van der Waals surface area contributed by atoms with Gasteiger partial charge in [-0.25, -0.2) is 9.97 Å². The van der Waals surface area contributed by atoms with Crippen LogP contribution in [0.1, 0.15) is 27.6 Å². The van der Waals surface area contributed by atoms with Crippen molar-refractivity contribution < 1.29 is 9.21 Å². The zero-order valence-corrected chi connectivity index (χ0v) is 12.9. The number of aromatic nitrogens is 3. The molecule has 3 N–H and O–H groups in total. The van der Waals surface area contributed by atoms with E-state index < -0.39 is 0 Å². The van der Waals surface area contributed by atoms with Gasteiger partial charge in [0.25, 0.3) is 5.91 Å². The van der Waals surface area contributed by atoms with Gasteiger partial charge >= 0.3 is 0 Å². The fourth-order valence-corrected chi connectivity index (χ4v) is 2.26. The number of nitrogens with one attached hydrogen (secondary N) is 1. The summed E-state index contributed by atoms with van der Waals surface area (Å²) >= 11 is 0. The topological polar surface area (TPSA) is 99.0 Å². The molecule has 0 unspecified atom stereocenters. The number of hydrogen-bond donors (Lipinski definition) is 2. The molecule has 7 nitrogen and oxygen atoms in total. The van der Waals surface area contributed by atoms with E-state index in [1.165, 1.54) is 6.39 Å². The van der Waals surface area contributed by atoms with Crippen LogP contribution in [0.25, 0.3) is 5.69 Å². The van der Waals surface area contributed by atoms with Gasteiger partial charge in [0.2, 0.25) is 0 Å². The van der Waals surface area contributed by atoms with Crippen molar-refractivity contribution in [1.82, 2.24) is 14.5 Å². The lowest BCUT2D eigenvalue weighted by Crippen LogP contribution is -2.15. The van der Waals surface area contributed by atoms with Crippen molar-refractivity contribution in [2.24, 2.45) is 5.73 Å². The molecule has 0 fully saturated rings. The van der Waals surface area contributed by atoms with Gasteiger partial charge in [0.1, 0.15) is 0 Å². The molecule has 0 radical (unpaired) electrons. The Balaban J connectivity index is 1.78. The highest BCUT2D eigenvalue weighted by molar-refractivity contribution is 6.03. The van der Waals surface area contributed by atoms with Crippen LogP contribution in [-0.4, -0.2) is 20.4 Å². The molecule has 23 heavy (non-hydrogen) atoms. The molecule has 3 rings (SSSR count). The third-order valence-corrected chi connectivity index (χ3v) is 3.70. The van der Waals surface area contributed by atoms with Gasteiger partial charge in [-0.1, -0.05) is 0 Å². The Bertz CT molecular complexity index is 833. The van der Waals surface area contributed by atoms with Crippen molar-refractivity contribution >= 4 is 11.6 Å². The van der Waals surface area contributed by atoms with Gasteiger partial charge in [-0.3, -0.25) is 4.79 Å². The fourth-order valence-electron chi connectivity index (χ4n) is 2.26. The number of hydrogen-bond acceptors (Lipinski definition) is 5. The molecule has 0 aliphatic rings. The smallest absolute Gasteiger partial charge is 0.277 e. The molecule has 0 bridgehead atoms. The van der Waals surface area contributed by atoms with Crippen molar-refractivity contribution in [2.45, 2.75) is 20.4 Å². The maximum atomic E-state index is 12.2. The minimum atomic E-state index is -0.346. The predicted molar refractivity (Wildman–Crippen MR) is 85.4 cm³/mol. The molecule has 1 aromatic carbocycles. The largest absolute Gasteiger partial charge is 0.446 e. The van der Waals surface area contributed by atoms with E-state index in [4.69, 9.17) is 10.2 Å². The van der Waals surface area contributed by atoms with Crippen molar-refractivity contribution in [1.29, 1.82) is 0 Å². The van der Waals surface area contributed by atoms with Gasteiger partial charge in [0, 0.05) is 17.1 Å². The Hall–Kier alpha value is -2.93. The van der Waals surface area contributed by atoms with Crippen LogP contribution in [0, 0.1) is 13.8 Å². The molecule has 0 aliphatic heterocycles. The molecule has 1 amide bonds. The number of benzene rings is 1. The molecule has 0 atom stereocenters. The monoisotopic (exact) mass is 311 g/mol. The summed E-state index contributed by atoms with van der Waals surface area (Å²) in [4.78, 5) is 20.3. The van der Waals surface area contributed by atoms with Crippen LogP contribution >= 0.6 is 0 Å². The van der Waals surface area contributed by atoms with Gasteiger partial charge in [0.05, 0.1) is 18.6 Å². The normalized spacial score (nSPS) is 10.7. The number of aryl methyl sites for hydroxylation is 1. The molecule has 7 heteroatoms. The van der Waals surface area contributed by atoms with Crippen molar-refractivity contribution in [3.63, 3.8) is 0 Å².